The molecule has 4 aliphatic heterocycles. The van der Waals surface area contributed by atoms with Gasteiger partial charge in [0.2, 0.25) is 6.29 Å². The van der Waals surface area contributed by atoms with Crippen LogP contribution in [0.4, 0.5) is 0 Å². The minimum atomic E-state index is -2.05. The number of rotatable bonds is 11. The Morgan fingerprint density at radius 3 is 1.83 bits per heavy atom. The van der Waals surface area contributed by atoms with Gasteiger partial charge in [0, 0.05) is 6.92 Å². The number of hydrogen-bond donors (Lipinski definition) is 13. The van der Waals surface area contributed by atoms with Crippen LogP contribution in [0.3, 0.4) is 0 Å². The first-order valence-electron chi connectivity index (χ1n) is 28.2. The molecule has 0 amide bonds. The smallest absolute Gasteiger partial charge is 0.335 e. The maximum atomic E-state index is 15.8. The number of carbonyl (C=O) groups excluding carboxylic acids is 2. The Bertz CT molecular complexity index is 2410. The van der Waals surface area contributed by atoms with Crippen molar-refractivity contribution >= 4 is 23.9 Å². The lowest BCUT2D eigenvalue weighted by atomic mass is 9.33. The fourth-order valence-corrected chi connectivity index (χ4v) is 16.6. The van der Waals surface area contributed by atoms with Gasteiger partial charge in [-0.15, -0.1) is 0 Å². The molecule has 0 spiro atoms. The topological polar surface area (TPSA) is 414 Å². The van der Waals surface area contributed by atoms with Crippen LogP contribution in [-0.2, 0) is 61.8 Å². The molecule has 9 rings (SSSR count). The summed E-state index contributed by atoms with van der Waals surface area (Å²) in [5, 5.41) is 143. The molecule has 26 heteroatoms. The molecule has 4 saturated carbocycles. The van der Waals surface area contributed by atoms with E-state index in [1.165, 1.54) is 20.8 Å². The highest BCUT2D eigenvalue weighted by atomic mass is 16.8. The van der Waals surface area contributed by atoms with Gasteiger partial charge in [-0.05, 0) is 112 Å². The summed E-state index contributed by atoms with van der Waals surface area (Å²) in [7, 11) is 0. The molecule has 0 aromatic heterocycles. The van der Waals surface area contributed by atoms with Crippen LogP contribution >= 0.6 is 0 Å². The predicted molar refractivity (Wildman–Crippen MR) is 269 cm³/mol. The van der Waals surface area contributed by atoms with E-state index in [-0.39, 0.29) is 31.6 Å². The van der Waals surface area contributed by atoms with Gasteiger partial charge in [-0.3, -0.25) is 14.4 Å². The summed E-state index contributed by atoms with van der Waals surface area (Å²) in [6.45, 7) is 15.1. The van der Waals surface area contributed by atoms with Gasteiger partial charge in [0.25, 0.3) is 0 Å². The second-order valence-corrected chi connectivity index (χ2v) is 26.4. The molecule has 4 saturated heterocycles. The molecule has 5 aliphatic carbocycles. The second kappa shape index (κ2) is 22.0. The molecule has 0 bridgehead atoms. The zero-order valence-electron chi connectivity index (χ0n) is 47.0. The number of hydrogen-bond acceptors (Lipinski definition) is 24. The van der Waals surface area contributed by atoms with Gasteiger partial charge in [-0.2, -0.15) is 0 Å². The number of fused-ring (bicyclic) bond motifs is 7. The number of allylic oxidation sites excluding steroid dienone is 2. The van der Waals surface area contributed by atoms with Gasteiger partial charge in [-0.25, -0.2) is 4.79 Å². The van der Waals surface area contributed by atoms with Crippen LogP contribution < -0.4 is 0 Å². The Morgan fingerprint density at radius 1 is 0.593 bits per heavy atom. The van der Waals surface area contributed by atoms with Gasteiger partial charge in [0.15, 0.2) is 37.2 Å². The van der Waals surface area contributed by atoms with Gasteiger partial charge in [-0.1, -0.05) is 46.3 Å². The third kappa shape index (κ3) is 9.98. The van der Waals surface area contributed by atoms with Gasteiger partial charge < -0.3 is 109 Å². The Labute approximate surface area is 468 Å². The molecule has 0 radical (unpaired) electrons. The van der Waals surface area contributed by atoms with Gasteiger partial charge >= 0.3 is 23.9 Å². The third-order valence-electron chi connectivity index (χ3n) is 21.3. The fourth-order valence-electron chi connectivity index (χ4n) is 16.6. The Morgan fingerprint density at radius 2 is 1.20 bits per heavy atom. The quantitative estimate of drug-likeness (QED) is 0.0625. The maximum Gasteiger partial charge on any atom is 0.335 e. The molecule has 8 fully saturated rings. The molecule has 9 aliphatic rings. The van der Waals surface area contributed by atoms with Crippen molar-refractivity contribution in [1.82, 2.24) is 0 Å². The second-order valence-electron chi connectivity index (χ2n) is 26.4. The standard InChI is InChI=1S/C55H84O26/c1-20-30(60)32(62)36(66)45(74-20)79-41-40(78-44-35(65)31(61)26(58)19-73-44)38(76-22(3)56)21(2)75-47(41)81-49(72)55-15-14-50(4,5)16-24(55)23-10-11-27-51(6)17-25(57)42(80-46-37(67)33(63)34(64)39(77-46)43(68)69)54(9,48(70)71)28(51)12-13-52(27,7)53(23,8)18-29(55)59/h10,20-21,24-42,44-47,57-67H,11-19H2,1-9H3,(H,68,69)(H,70,71). The van der Waals surface area contributed by atoms with Crippen LogP contribution in [0.15, 0.2) is 11.6 Å². The van der Waals surface area contributed by atoms with Crippen LogP contribution in [0.2, 0.25) is 0 Å². The largest absolute Gasteiger partial charge is 0.481 e. The maximum absolute atomic E-state index is 15.8. The molecule has 460 valence electrons. The Balaban J connectivity index is 1.06. The van der Waals surface area contributed by atoms with E-state index in [0.717, 1.165) is 12.5 Å². The number of aliphatic hydroxyl groups excluding tert-OH is 11. The monoisotopic (exact) mass is 1160 g/mol. The molecule has 81 heavy (non-hydrogen) atoms. The highest BCUT2D eigenvalue weighted by Gasteiger charge is 2.74. The average Bonchev–Trinajstić information content (AvgIpc) is 3.39. The van der Waals surface area contributed by atoms with Crippen molar-refractivity contribution in [1.29, 1.82) is 0 Å². The molecule has 0 aromatic rings. The van der Waals surface area contributed by atoms with Crippen LogP contribution in [0.5, 0.6) is 0 Å². The van der Waals surface area contributed by atoms with Crippen molar-refractivity contribution in [2.75, 3.05) is 6.61 Å². The van der Waals surface area contributed by atoms with E-state index >= 15 is 4.79 Å². The summed E-state index contributed by atoms with van der Waals surface area (Å²) < 4.78 is 54.1. The number of aliphatic hydroxyl groups is 11. The van der Waals surface area contributed by atoms with Crippen molar-refractivity contribution in [3.8, 4) is 0 Å². The zero-order valence-corrected chi connectivity index (χ0v) is 47.0. The van der Waals surface area contributed by atoms with E-state index in [0.29, 0.717) is 25.7 Å². The third-order valence-corrected chi connectivity index (χ3v) is 21.3. The molecule has 4 heterocycles. The van der Waals surface area contributed by atoms with Gasteiger partial charge in [0.05, 0.1) is 36.4 Å². The summed E-state index contributed by atoms with van der Waals surface area (Å²) in [5.74, 6) is -6.56. The number of carbonyl (C=O) groups is 4. The lowest BCUT2D eigenvalue weighted by Gasteiger charge is -2.71. The fraction of sp³-hybridized carbons (Fsp3) is 0.891. The molecule has 13 N–H and O–H groups in total. The summed E-state index contributed by atoms with van der Waals surface area (Å²) in [5.41, 5.74) is -5.71. The highest BCUT2D eigenvalue weighted by molar-refractivity contribution is 5.80. The summed E-state index contributed by atoms with van der Waals surface area (Å²) in [6, 6.07) is 0. The molecule has 30 unspecified atom stereocenters. The number of aliphatic carboxylic acids is 2. The number of carboxylic acid groups (broad SMARTS) is 2. The number of ether oxygens (including phenoxy) is 9. The molecule has 26 nitrogen and oxygen atoms in total. The first-order chi connectivity index (χ1) is 37.6. The van der Waals surface area contributed by atoms with Crippen molar-refractivity contribution in [2.45, 2.75) is 249 Å². The normalized spacial score (nSPS) is 53.3. The minimum absolute atomic E-state index is 0.00629. The molecular weight excluding hydrogens is 1080 g/mol. The van der Waals surface area contributed by atoms with Crippen molar-refractivity contribution in [3.63, 3.8) is 0 Å². The summed E-state index contributed by atoms with van der Waals surface area (Å²) in [4.78, 5) is 54.3. The van der Waals surface area contributed by atoms with E-state index in [9.17, 15) is 80.8 Å². The number of carboxylic acids is 2. The van der Waals surface area contributed by atoms with Crippen LogP contribution in [-0.4, -0.2) is 232 Å². The first kappa shape index (κ1) is 62.4. The van der Waals surface area contributed by atoms with E-state index < -0.39 is 210 Å². The van der Waals surface area contributed by atoms with E-state index in [2.05, 4.69) is 26.8 Å². The zero-order chi connectivity index (χ0) is 59.8. The SMILES string of the molecule is CC(=O)OC1C(C)OC(OC(=O)C23CCC(C)(C)CC2C2=CCC4C5(C)CC(O)C(OC6OC(C(=O)O)C(O)C(O)C6O)C(C)(C(=O)O)C5CCC4(C)C2(C)CC3O)C(OC2OC(C)C(O)C(O)C2O)C1OC1OCC(O)C(O)C1O. The van der Waals surface area contributed by atoms with Crippen molar-refractivity contribution < 1.29 is 128 Å². The summed E-state index contributed by atoms with van der Waals surface area (Å²) >= 11 is 0. The molecule has 0 aromatic carbocycles. The van der Waals surface area contributed by atoms with Crippen molar-refractivity contribution in [3.05, 3.63) is 11.6 Å². The lowest BCUT2D eigenvalue weighted by molar-refractivity contribution is -0.380. The van der Waals surface area contributed by atoms with Crippen LogP contribution in [0.1, 0.15) is 114 Å². The highest BCUT2D eigenvalue weighted by Crippen LogP contribution is 2.76. The number of esters is 2. The van der Waals surface area contributed by atoms with Gasteiger partial charge in [0.1, 0.15) is 72.6 Å². The van der Waals surface area contributed by atoms with E-state index in [1.807, 2.05) is 13.8 Å². The lowest BCUT2D eigenvalue weighted by Crippen LogP contribution is -2.71. The molecular formula is C55H84O26. The van der Waals surface area contributed by atoms with E-state index in [4.69, 9.17) is 42.6 Å². The van der Waals surface area contributed by atoms with Crippen LogP contribution in [0, 0.1) is 50.2 Å². The van der Waals surface area contributed by atoms with E-state index in [1.54, 1.807) is 0 Å². The van der Waals surface area contributed by atoms with Crippen molar-refractivity contribution in [2.24, 2.45) is 50.2 Å². The first-order valence-corrected chi connectivity index (χ1v) is 28.2. The Kier molecular flexibility index (Phi) is 17.0. The average molecular weight is 1160 g/mol. The minimum Gasteiger partial charge on any atom is -0.481 e. The molecule has 30 atom stereocenters. The Hall–Kier alpha value is -3.10. The predicted octanol–water partition coefficient (Wildman–Crippen LogP) is -1.67. The van der Waals surface area contributed by atoms with Crippen LogP contribution in [0.25, 0.3) is 0 Å². The summed E-state index contributed by atoms with van der Waals surface area (Å²) in [6.07, 6.45) is -33.9.